The van der Waals surface area contributed by atoms with Crippen molar-refractivity contribution in [2.24, 2.45) is 0 Å². The lowest BCUT2D eigenvalue weighted by atomic mass is 10.2. The standard InChI is InChI=1S/C15H21NO3/c1-2-3-9-19-14-6-4-5-13(12-14)16-8-11-18-10-7-15(16)17/h4-6,12H,2-3,7-11H2,1H3. The van der Waals surface area contributed by atoms with Gasteiger partial charge in [-0.05, 0) is 18.6 Å². The summed E-state index contributed by atoms with van der Waals surface area (Å²) >= 11 is 0. The summed E-state index contributed by atoms with van der Waals surface area (Å²) in [6, 6.07) is 7.72. The molecule has 4 nitrogen and oxygen atoms in total. The molecular formula is C15H21NO3. The monoisotopic (exact) mass is 263 g/mol. The van der Waals surface area contributed by atoms with E-state index in [1.165, 1.54) is 0 Å². The molecule has 0 N–H and O–H groups in total. The second kappa shape index (κ2) is 7.14. The molecule has 1 aliphatic rings. The van der Waals surface area contributed by atoms with Crippen LogP contribution in [-0.4, -0.2) is 32.3 Å². The first-order valence-electron chi connectivity index (χ1n) is 6.92. The van der Waals surface area contributed by atoms with Gasteiger partial charge in [-0.2, -0.15) is 0 Å². The van der Waals surface area contributed by atoms with Crippen LogP contribution in [0.3, 0.4) is 0 Å². The van der Waals surface area contributed by atoms with E-state index in [1.54, 1.807) is 4.90 Å². The van der Waals surface area contributed by atoms with Gasteiger partial charge in [-0.15, -0.1) is 0 Å². The zero-order valence-corrected chi connectivity index (χ0v) is 11.4. The number of hydrogen-bond acceptors (Lipinski definition) is 3. The van der Waals surface area contributed by atoms with E-state index in [0.717, 1.165) is 30.9 Å². The highest BCUT2D eigenvalue weighted by atomic mass is 16.5. The van der Waals surface area contributed by atoms with Gasteiger partial charge in [-0.3, -0.25) is 4.79 Å². The summed E-state index contributed by atoms with van der Waals surface area (Å²) in [5.74, 6) is 0.937. The molecule has 0 spiro atoms. The van der Waals surface area contributed by atoms with Crippen LogP contribution in [-0.2, 0) is 9.53 Å². The van der Waals surface area contributed by atoms with Crippen molar-refractivity contribution >= 4 is 11.6 Å². The van der Waals surface area contributed by atoms with E-state index in [-0.39, 0.29) is 5.91 Å². The number of carbonyl (C=O) groups excluding carboxylic acids is 1. The van der Waals surface area contributed by atoms with Gasteiger partial charge < -0.3 is 14.4 Å². The van der Waals surface area contributed by atoms with Gasteiger partial charge in [-0.25, -0.2) is 0 Å². The Morgan fingerprint density at radius 3 is 3.11 bits per heavy atom. The highest BCUT2D eigenvalue weighted by Gasteiger charge is 2.18. The second-order valence-corrected chi connectivity index (χ2v) is 4.61. The van der Waals surface area contributed by atoms with Crippen molar-refractivity contribution in [3.63, 3.8) is 0 Å². The molecule has 1 aromatic carbocycles. The van der Waals surface area contributed by atoms with Crippen molar-refractivity contribution < 1.29 is 14.3 Å². The normalized spacial score (nSPS) is 16.3. The molecule has 1 heterocycles. The first-order valence-corrected chi connectivity index (χ1v) is 6.92. The van der Waals surface area contributed by atoms with Crippen LogP contribution < -0.4 is 9.64 Å². The SMILES string of the molecule is CCCCOc1cccc(N2CCOCCC2=O)c1. The Morgan fingerprint density at radius 2 is 2.26 bits per heavy atom. The predicted molar refractivity (Wildman–Crippen MR) is 74.6 cm³/mol. The Labute approximate surface area is 114 Å². The van der Waals surface area contributed by atoms with Crippen molar-refractivity contribution in [1.82, 2.24) is 0 Å². The second-order valence-electron chi connectivity index (χ2n) is 4.61. The summed E-state index contributed by atoms with van der Waals surface area (Å²) < 4.78 is 11.0. The van der Waals surface area contributed by atoms with Crippen LogP contribution in [0.5, 0.6) is 5.75 Å². The molecule has 104 valence electrons. The fourth-order valence-electron chi connectivity index (χ4n) is 2.03. The quantitative estimate of drug-likeness (QED) is 0.767. The van der Waals surface area contributed by atoms with Crippen molar-refractivity contribution in [3.05, 3.63) is 24.3 Å². The maximum Gasteiger partial charge on any atom is 0.229 e. The summed E-state index contributed by atoms with van der Waals surface area (Å²) in [6.45, 7) is 4.57. The highest BCUT2D eigenvalue weighted by molar-refractivity contribution is 5.93. The average Bonchev–Trinajstić information content (AvgIpc) is 2.64. The first-order chi connectivity index (χ1) is 9.31. The Kier molecular flexibility index (Phi) is 5.21. The smallest absolute Gasteiger partial charge is 0.229 e. The molecule has 0 radical (unpaired) electrons. The lowest BCUT2D eigenvalue weighted by molar-refractivity contribution is -0.118. The minimum absolute atomic E-state index is 0.114. The third-order valence-electron chi connectivity index (χ3n) is 3.12. The van der Waals surface area contributed by atoms with Crippen molar-refractivity contribution in [2.45, 2.75) is 26.2 Å². The number of amides is 1. The van der Waals surface area contributed by atoms with Crippen LogP contribution in [0.4, 0.5) is 5.69 Å². The molecular weight excluding hydrogens is 242 g/mol. The van der Waals surface area contributed by atoms with Crippen LogP contribution in [0.15, 0.2) is 24.3 Å². The van der Waals surface area contributed by atoms with Gasteiger partial charge in [-0.1, -0.05) is 19.4 Å². The van der Waals surface area contributed by atoms with Gasteiger partial charge >= 0.3 is 0 Å². The van der Waals surface area contributed by atoms with E-state index >= 15 is 0 Å². The lowest BCUT2D eigenvalue weighted by Crippen LogP contribution is -2.31. The number of hydrogen-bond donors (Lipinski definition) is 0. The molecule has 1 saturated heterocycles. The summed E-state index contributed by atoms with van der Waals surface area (Å²) in [7, 11) is 0. The van der Waals surface area contributed by atoms with E-state index in [1.807, 2.05) is 24.3 Å². The van der Waals surface area contributed by atoms with Crippen LogP contribution >= 0.6 is 0 Å². The van der Waals surface area contributed by atoms with Crippen LogP contribution in [0, 0.1) is 0 Å². The molecule has 1 aliphatic heterocycles. The molecule has 2 rings (SSSR count). The Bertz CT molecular complexity index is 420. The minimum Gasteiger partial charge on any atom is -0.494 e. The van der Waals surface area contributed by atoms with E-state index < -0.39 is 0 Å². The van der Waals surface area contributed by atoms with E-state index in [0.29, 0.717) is 26.2 Å². The van der Waals surface area contributed by atoms with E-state index in [9.17, 15) is 4.79 Å². The van der Waals surface area contributed by atoms with Crippen LogP contribution in [0.25, 0.3) is 0 Å². The number of unbranched alkanes of at least 4 members (excludes halogenated alkanes) is 1. The van der Waals surface area contributed by atoms with Gasteiger partial charge in [0.1, 0.15) is 5.75 Å². The van der Waals surface area contributed by atoms with Crippen molar-refractivity contribution in [1.29, 1.82) is 0 Å². The number of benzene rings is 1. The van der Waals surface area contributed by atoms with Gasteiger partial charge in [0.05, 0.1) is 26.2 Å². The average molecular weight is 263 g/mol. The molecule has 0 aliphatic carbocycles. The molecule has 1 fully saturated rings. The summed E-state index contributed by atoms with van der Waals surface area (Å²) in [4.78, 5) is 13.8. The molecule has 0 aromatic heterocycles. The molecule has 0 unspecified atom stereocenters. The van der Waals surface area contributed by atoms with Gasteiger partial charge in [0, 0.05) is 18.3 Å². The Morgan fingerprint density at radius 1 is 1.37 bits per heavy atom. The van der Waals surface area contributed by atoms with Gasteiger partial charge in [0.25, 0.3) is 0 Å². The van der Waals surface area contributed by atoms with Crippen molar-refractivity contribution in [2.75, 3.05) is 31.3 Å². The number of nitrogens with zero attached hydrogens (tertiary/aromatic N) is 1. The Balaban J connectivity index is 2.06. The summed E-state index contributed by atoms with van der Waals surface area (Å²) in [5, 5.41) is 0. The number of carbonyl (C=O) groups is 1. The molecule has 0 atom stereocenters. The minimum atomic E-state index is 0.114. The molecule has 19 heavy (non-hydrogen) atoms. The number of anilines is 1. The number of ether oxygens (including phenoxy) is 2. The first kappa shape index (κ1) is 13.9. The summed E-state index contributed by atoms with van der Waals surface area (Å²) in [5.41, 5.74) is 0.893. The summed E-state index contributed by atoms with van der Waals surface area (Å²) in [6.07, 6.45) is 2.60. The molecule has 0 saturated carbocycles. The topological polar surface area (TPSA) is 38.8 Å². The lowest BCUT2D eigenvalue weighted by Gasteiger charge is -2.20. The molecule has 4 heteroatoms. The third-order valence-corrected chi connectivity index (χ3v) is 3.12. The van der Waals surface area contributed by atoms with E-state index in [4.69, 9.17) is 9.47 Å². The maximum atomic E-state index is 12.0. The third kappa shape index (κ3) is 3.96. The molecule has 1 aromatic rings. The highest BCUT2D eigenvalue weighted by Crippen LogP contribution is 2.22. The zero-order chi connectivity index (χ0) is 13.5. The largest absolute Gasteiger partial charge is 0.494 e. The van der Waals surface area contributed by atoms with Gasteiger partial charge in [0.15, 0.2) is 0 Å². The molecule has 0 bridgehead atoms. The van der Waals surface area contributed by atoms with E-state index in [2.05, 4.69) is 6.92 Å². The van der Waals surface area contributed by atoms with Crippen molar-refractivity contribution in [3.8, 4) is 5.75 Å². The predicted octanol–water partition coefficient (Wildman–Crippen LogP) is 2.62. The van der Waals surface area contributed by atoms with Crippen LogP contribution in [0.2, 0.25) is 0 Å². The Hall–Kier alpha value is -1.55. The fourth-order valence-corrected chi connectivity index (χ4v) is 2.03. The molecule has 1 amide bonds. The van der Waals surface area contributed by atoms with Crippen LogP contribution in [0.1, 0.15) is 26.2 Å². The zero-order valence-electron chi connectivity index (χ0n) is 11.4. The maximum absolute atomic E-state index is 12.0. The van der Waals surface area contributed by atoms with Gasteiger partial charge in [0.2, 0.25) is 5.91 Å². The number of rotatable bonds is 5. The fraction of sp³-hybridized carbons (Fsp3) is 0.533.